The molecule has 2 fully saturated rings. The number of nitrogens with one attached hydrogen (secondary N) is 3. The lowest BCUT2D eigenvalue weighted by Gasteiger charge is -2.41. The molecule has 252 valence electrons. The molecular formula is C36H44Cl3N5O3. The number of carbonyl (C=O) groups excluding carboxylic acids is 2. The number of carbonyl (C=O) groups is 2. The zero-order valence-electron chi connectivity index (χ0n) is 27.6. The summed E-state index contributed by atoms with van der Waals surface area (Å²) in [4.78, 5) is 30.7. The summed E-state index contributed by atoms with van der Waals surface area (Å²) >= 11 is 19.7. The molecule has 8 nitrogen and oxygen atoms in total. The van der Waals surface area contributed by atoms with Crippen LogP contribution in [-0.4, -0.2) is 67.5 Å². The molecule has 2 amide bonds. The third-order valence-electron chi connectivity index (χ3n) is 8.90. The number of hydrogen-bond acceptors (Lipinski definition) is 6. The van der Waals surface area contributed by atoms with Crippen molar-refractivity contribution in [1.82, 2.24) is 25.8 Å². The first-order chi connectivity index (χ1) is 22.3. The van der Waals surface area contributed by atoms with Gasteiger partial charge >= 0.3 is 0 Å². The van der Waals surface area contributed by atoms with E-state index in [0.717, 1.165) is 23.2 Å². The Labute approximate surface area is 293 Å². The Kier molecular flexibility index (Phi) is 11.1. The number of piperazine rings is 1. The molecular weight excluding hydrogens is 657 g/mol. The predicted molar refractivity (Wildman–Crippen MR) is 189 cm³/mol. The van der Waals surface area contributed by atoms with E-state index in [1.54, 1.807) is 0 Å². The van der Waals surface area contributed by atoms with Crippen molar-refractivity contribution in [2.75, 3.05) is 45.9 Å². The average molecular weight is 701 g/mol. The maximum absolute atomic E-state index is 15.1. The van der Waals surface area contributed by atoms with Crippen molar-refractivity contribution in [3.63, 3.8) is 0 Å². The molecule has 2 aliphatic rings. The molecule has 47 heavy (non-hydrogen) atoms. The van der Waals surface area contributed by atoms with Crippen LogP contribution in [0, 0.1) is 0 Å². The molecule has 11 heteroatoms. The van der Waals surface area contributed by atoms with Gasteiger partial charge in [0.2, 0.25) is 5.91 Å². The molecule has 0 bridgehead atoms. The van der Waals surface area contributed by atoms with Crippen LogP contribution < -0.4 is 20.7 Å². The van der Waals surface area contributed by atoms with E-state index in [-0.39, 0.29) is 29.3 Å². The molecule has 1 unspecified atom stereocenters. The Morgan fingerprint density at radius 1 is 0.894 bits per heavy atom. The number of benzene rings is 3. The van der Waals surface area contributed by atoms with Crippen LogP contribution in [0.5, 0.6) is 5.75 Å². The number of hydrogen-bond donors (Lipinski definition) is 3. The second kappa shape index (κ2) is 14.7. The summed E-state index contributed by atoms with van der Waals surface area (Å²) in [6, 6.07) is 18.6. The van der Waals surface area contributed by atoms with E-state index < -0.39 is 5.66 Å². The summed E-state index contributed by atoms with van der Waals surface area (Å²) in [6.07, 6.45) is 0. The van der Waals surface area contributed by atoms with Crippen molar-refractivity contribution in [3.05, 3.63) is 98.0 Å². The van der Waals surface area contributed by atoms with Crippen molar-refractivity contribution in [2.24, 2.45) is 0 Å². The van der Waals surface area contributed by atoms with Crippen molar-refractivity contribution >= 4 is 46.6 Å². The lowest BCUT2D eigenvalue weighted by Crippen LogP contribution is -2.62. The van der Waals surface area contributed by atoms with E-state index in [0.29, 0.717) is 65.7 Å². The van der Waals surface area contributed by atoms with E-state index in [1.807, 2.05) is 72.5 Å². The maximum atomic E-state index is 15.1. The Bertz CT molecular complexity index is 1510. The third-order valence-corrected chi connectivity index (χ3v) is 9.72. The van der Waals surface area contributed by atoms with Gasteiger partial charge in [0, 0.05) is 66.8 Å². The number of amides is 2. The minimum atomic E-state index is -1.39. The molecule has 0 aliphatic carbocycles. The molecule has 3 aromatic carbocycles. The largest absolute Gasteiger partial charge is 0.493 e. The Morgan fingerprint density at radius 2 is 1.43 bits per heavy atom. The lowest BCUT2D eigenvalue weighted by molar-refractivity contribution is -0.141. The van der Waals surface area contributed by atoms with Gasteiger partial charge in [0.1, 0.15) is 5.75 Å². The molecule has 2 saturated heterocycles. The molecule has 0 spiro atoms. The first-order valence-electron chi connectivity index (χ1n) is 16.1. The highest BCUT2D eigenvalue weighted by Crippen LogP contribution is 2.47. The molecule has 5 rings (SSSR count). The fraction of sp³-hybridized carbons (Fsp3) is 0.444. The molecule has 0 radical (unpaired) electrons. The van der Waals surface area contributed by atoms with Crippen LogP contribution in [0.4, 0.5) is 0 Å². The predicted octanol–water partition coefficient (Wildman–Crippen LogP) is 6.45. The Balaban J connectivity index is 1.61. The van der Waals surface area contributed by atoms with Gasteiger partial charge in [0.05, 0.1) is 18.7 Å². The minimum absolute atomic E-state index is 0.0501. The van der Waals surface area contributed by atoms with Gasteiger partial charge in [-0.15, -0.1) is 0 Å². The topological polar surface area (TPSA) is 85.9 Å². The number of nitrogens with zero attached hydrogens (tertiary/aromatic N) is 2. The summed E-state index contributed by atoms with van der Waals surface area (Å²) < 4.78 is 6.31. The summed E-state index contributed by atoms with van der Waals surface area (Å²) in [5, 5.41) is 12.2. The summed E-state index contributed by atoms with van der Waals surface area (Å²) in [5.74, 6) is 0.427. The monoisotopic (exact) mass is 699 g/mol. The van der Waals surface area contributed by atoms with E-state index >= 15 is 4.79 Å². The summed E-state index contributed by atoms with van der Waals surface area (Å²) in [5.41, 5.74) is 1.86. The van der Waals surface area contributed by atoms with Crippen LogP contribution in [0.2, 0.25) is 15.1 Å². The van der Waals surface area contributed by atoms with E-state index in [4.69, 9.17) is 39.5 Å². The van der Waals surface area contributed by atoms with Crippen molar-refractivity contribution < 1.29 is 14.3 Å². The standard InChI is InChI=1S/C36H44Cl3N5O3/c1-6-47-31-22-28(35(3,4)5)30(39)21-29(31)36(34(46)44-19-17-43(18-20-44)16-15-40-23(2)45)41-32(24-7-11-26(37)12-8-24)33(42-36)25-9-13-27(38)14-10-25/h7-14,21-22,32-33,41-42H,6,15-20H2,1-5H3,(H,40,45)/t32-,33+,36?. The van der Waals surface area contributed by atoms with Crippen molar-refractivity contribution in [2.45, 2.75) is 57.8 Å². The summed E-state index contributed by atoms with van der Waals surface area (Å²) in [6.45, 7) is 13.9. The Morgan fingerprint density at radius 3 is 1.89 bits per heavy atom. The van der Waals surface area contributed by atoms with Crippen LogP contribution >= 0.6 is 34.8 Å². The second-order valence-corrected chi connectivity index (χ2v) is 14.5. The van der Waals surface area contributed by atoms with Crippen molar-refractivity contribution in [3.8, 4) is 5.75 Å². The minimum Gasteiger partial charge on any atom is -0.493 e. The van der Waals surface area contributed by atoms with Crippen molar-refractivity contribution in [1.29, 1.82) is 0 Å². The Hall–Kier alpha value is -2.85. The normalized spacial score (nSPS) is 21.9. The molecule has 3 N–H and O–H groups in total. The highest BCUT2D eigenvalue weighted by Gasteiger charge is 2.55. The highest BCUT2D eigenvalue weighted by molar-refractivity contribution is 6.32. The molecule has 3 atom stereocenters. The van der Waals surface area contributed by atoms with E-state index in [1.165, 1.54) is 6.92 Å². The first kappa shape index (κ1) is 35.5. The van der Waals surface area contributed by atoms with Crippen LogP contribution in [0.1, 0.15) is 69.0 Å². The van der Waals surface area contributed by atoms with E-state index in [9.17, 15) is 4.79 Å². The fourth-order valence-corrected chi connectivity index (χ4v) is 7.16. The second-order valence-electron chi connectivity index (χ2n) is 13.2. The van der Waals surface area contributed by atoms with Crippen LogP contribution in [0.15, 0.2) is 60.7 Å². The van der Waals surface area contributed by atoms with E-state index in [2.05, 4.69) is 41.6 Å². The van der Waals surface area contributed by atoms with Gasteiger partial charge in [0.25, 0.3) is 5.91 Å². The molecule has 0 aromatic heterocycles. The van der Waals surface area contributed by atoms with Gasteiger partial charge in [-0.25, -0.2) is 0 Å². The highest BCUT2D eigenvalue weighted by atomic mass is 35.5. The average Bonchev–Trinajstić information content (AvgIpc) is 3.43. The number of rotatable bonds is 9. The van der Waals surface area contributed by atoms with Gasteiger partial charge < -0.3 is 15.0 Å². The SMILES string of the molecule is CCOc1cc(C(C)(C)C)c(Cl)cc1C1(C(=O)N2CCN(CCNC(C)=O)CC2)N[C@H](c2ccc(Cl)cc2)[C@H](c2ccc(Cl)cc2)N1. The molecule has 0 saturated carbocycles. The first-order valence-corrected chi connectivity index (χ1v) is 17.3. The number of halogens is 3. The molecule has 3 aromatic rings. The summed E-state index contributed by atoms with van der Waals surface area (Å²) in [7, 11) is 0. The number of ether oxygens (including phenoxy) is 1. The smallest absolute Gasteiger partial charge is 0.262 e. The zero-order valence-corrected chi connectivity index (χ0v) is 29.9. The molecule has 2 aliphatic heterocycles. The van der Waals surface area contributed by atoms with Crippen LogP contribution in [-0.2, 0) is 20.7 Å². The fourth-order valence-electron chi connectivity index (χ4n) is 6.46. The van der Waals surface area contributed by atoms with Gasteiger partial charge in [-0.05, 0) is 65.4 Å². The third kappa shape index (κ3) is 7.90. The zero-order chi connectivity index (χ0) is 33.9. The maximum Gasteiger partial charge on any atom is 0.262 e. The van der Waals surface area contributed by atoms with Crippen LogP contribution in [0.3, 0.4) is 0 Å². The lowest BCUT2D eigenvalue weighted by atomic mass is 9.84. The van der Waals surface area contributed by atoms with Gasteiger partial charge in [0.15, 0.2) is 5.66 Å². The van der Waals surface area contributed by atoms with Gasteiger partial charge in [-0.1, -0.05) is 79.8 Å². The van der Waals surface area contributed by atoms with Crippen LogP contribution in [0.25, 0.3) is 0 Å². The van der Waals surface area contributed by atoms with Gasteiger partial charge in [-0.3, -0.25) is 25.1 Å². The van der Waals surface area contributed by atoms with Gasteiger partial charge in [-0.2, -0.15) is 0 Å². The quantitative estimate of drug-likeness (QED) is 0.238. The molecule has 2 heterocycles.